The monoisotopic (exact) mass is 271 g/mol. The molecule has 0 N–H and O–H groups in total. The van der Waals surface area contributed by atoms with Crippen LogP contribution in [0.15, 0.2) is 23.4 Å². The van der Waals surface area contributed by atoms with E-state index in [9.17, 15) is 23.3 Å². The van der Waals surface area contributed by atoms with Crippen molar-refractivity contribution in [2.24, 2.45) is 5.18 Å². The summed E-state index contributed by atoms with van der Waals surface area (Å²) in [4.78, 5) is 33.4. The van der Waals surface area contributed by atoms with Crippen LogP contribution in [0.4, 0.5) is 8.78 Å². The highest BCUT2D eigenvalue weighted by Crippen LogP contribution is 2.14. The van der Waals surface area contributed by atoms with Crippen molar-refractivity contribution in [2.45, 2.75) is 19.4 Å². The Hall–Kier alpha value is -2.18. The van der Waals surface area contributed by atoms with Gasteiger partial charge in [0.05, 0.1) is 12.2 Å². The number of carbonyl (C=O) groups is 2. The van der Waals surface area contributed by atoms with Gasteiger partial charge in [-0.15, -0.1) is 4.91 Å². The van der Waals surface area contributed by atoms with Crippen LogP contribution in [0.2, 0.25) is 0 Å². The molecule has 0 saturated carbocycles. The van der Waals surface area contributed by atoms with Crippen LogP contribution in [0, 0.1) is 16.5 Å². The van der Waals surface area contributed by atoms with Crippen molar-refractivity contribution >= 4 is 11.8 Å². The molecule has 0 amide bonds. The minimum atomic E-state index is -1.53. The molecule has 102 valence electrons. The predicted octanol–water partition coefficient (Wildman–Crippen LogP) is 2.24. The van der Waals surface area contributed by atoms with E-state index in [-0.39, 0.29) is 6.61 Å². The normalized spacial score (nSPS) is 11.7. The molecule has 1 unspecified atom stereocenters. The third-order valence-electron chi connectivity index (χ3n) is 2.30. The average molecular weight is 271 g/mol. The number of hydrogen-bond donors (Lipinski definition) is 0. The van der Waals surface area contributed by atoms with Gasteiger partial charge in [-0.2, -0.15) is 0 Å². The summed E-state index contributed by atoms with van der Waals surface area (Å²) in [6.07, 6.45) is -0.620. The molecule has 0 bridgehead atoms. The van der Waals surface area contributed by atoms with Crippen molar-refractivity contribution in [3.05, 3.63) is 40.3 Å². The van der Waals surface area contributed by atoms with Gasteiger partial charge in [-0.1, -0.05) is 5.18 Å². The summed E-state index contributed by atoms with van der Waals surface area (Å²) >= 11 is 0. The average Bonchev–Trinajstić information content (AvgIpc) is 2.35. The molecule has 1 rings (SSSR count). The number of ketones is 1. The maximum atomic E-state index is 13.3. The van der Waals surface area contributed by atoms with E-state index in [4.69, 9.17) is 0 Å². The van der Waals surface area contributed by atoms with Gasteiger partial charge in [-0.05, 0) is 19.1 Å². The Kier molecular flexibility index (Phi) is 5.23. The Bertz CT molecular complexity index is 505. The Balaban J connectivity index is 2.83. The number of hydrogen-bond acceptors (Lipinski definition) is 5. The summed E-state index contributed by atoms with van der Waals surface area (Å²) in [5, 5.41) is 2.48. The fourth-order valence-corrected chi connectivity index (χ4v) is 1.40. The number of ether oxygens (including phenoxy) is 1. The van der Waals surface area contributed by atoms with Crippen LogP contribution in [0.1, 0.15) is 23.7 Å². The Morgan fingerprint density at radius 3 is 2.58 bits per heavy atom. The van der Waals surface area contributed by atoms with Crippen molar-refractivity contribution in [1.29, 1.82) is 0 Å². The van der Waals surface area contributed by atoms with Crippen LogP contribution in [0.3, 0.4) is 0 Å². The van der Waals surface area contributed by atoms with Crippen LogP contribution in [0.5, 0.6) is 0 Å². The Morgan fingerprint density at radius 1 is 1.37 bits per heavy atom. The first-order chi connectivity index (χ1) is 8.99. The molecule has 5 nitrogen and oxygen atoms in total. The molecular weight excluding hydrogens is 260 g/mol. The van der Waals surface area contributed by atoms with Crippen LogP contribution < -0.4 is 0 Å². The lowest BCUT2D eigenvalue weighted by Gasteiger charge is -2.08. The van der Waals surface area contributed by atoms with E-state index < -0.39 is 41.4 Å². The largest absolute Gasteiger partial charge is 0.464 e. The second-order valence-electron chi connectivity index (χ2n) is 3.62. The van der Waals surface area contributed by atoms with Gasteiger partial charge in [0.2, 0.25) is 0 Å². The number of carbonyl (C=O) groups excluding carboxylic acids is 2. The number of nitroso groups, excluding NO2 is 1. The van der Waals surface area contributed by atoms with Crippen LogP contribution in [0.25, 0.3) is 0 Å². The third-order valence-corrected chi connectivity index (χ3v) is 2.30. The first-order valence-electron chi connectivity index (χ1n) is 5.47. The number of esters is 1. The van der Waals surface area contributed by atoms with E-state index >= 15 is 0 Å². The van der Waals surface area contributed by atoms with Gasteiger partial charge in [-0.25, -0.2) is 13.6 Å². The highest BCUT2D eigenvalue weighted by Gasteiger charge is 2.26. The number of Topliss-reactive ketones (excluding diaryl/α,β-unsaturated/α-hetero) is 1. The van der Waals surface area contributed by atoms with Gasteiger partial charge in [0, 0.05) is 12.5 Å². The summed E-state index contributed by atoms with van der Waals surface area (Å²) in [5.41, 5.74) is -0.403. The minimum Gasteiger partial charge on any atom is -0.464 e. The van der Waals surface area contributed by atoms with Gasteiger partial charge < -0.3 is 4.74 Å². The summed E-state index contributed by atoms with van der Waals surface area (Å²) in [6, 6.07) is 0.863. The molecule has 0 radical (unpaired) electrons. The van der Waals surface area contributed by atoms with Crippen molar-refractivity contribution in [3.63, 3.8) is 0 Å². The van der Waals surface area contributed by atoms with Gasteiger partial charge in [0.1, 0.15) is 11.6 Å². The van der Waals surface area contributed by atoms with Crippen LogP contribution >= 0.6 is 0 Å². The summed E-state index contributed by atoms with van der Waals surface area (Å²) < 4.78 is 30.5. The van der Waals surface area contributed by atoms with Crippen LogP contribution in [-0.2, 0) is 9.53 Å². The third kappa shape index (κ3) is 3.90. The molecule has 0 aliphatic rings. The topological polar surface area (TPSA) is 72.8 Å². The van der Waals surface area contributed by atoms with Gasteiger partial charge in [0.15, 0.2) is 11.8 Å². The number of halogens is 2. The first kappa shape index (κ1) is 14.9. The van der Waals surface area contributed by atoms with E-state index in [2.05, 4.69) is 9.91 Å². The summed E-state index contributed by atoms with van der Waals surface area (Å²) in [7, 11) is 0. The van der Waals surface area contributed by atoms with Crippen molar-refractivity contribution in [3.8, 4) is 0 Å². The van der Waals surface area contributed by atoms with E-state index in [0.29, 0.717) is 6.07 Å². The molecule has 0 aromatic heterocycles. The molecule has 0 heterocycles. The predicted molar refractivity (Wildman–Crippen MR) is 61.5 cm³/mol. The molecule has 0 saturated heterocycles. The zero-order chi connectivity index (χ0) is 14.4. The highest BCUT2D eigenvalue weighted by atomic mass is 19.1. The van der Waals surface area contributed by atoms with Gasteiger partial charge in [-0.3, -0.25) is 4.79 Å². The van der Waals surface area contributed by atoms with E-state index in [1.807, 2.05) is 0 Å². The smallest absolute Gasteiger partial charge is 0.335 e. The maximum Gasteiger partial charge on any atom is 0.335 e. The van der Waals surface area contributed by atoms with Crippen molar-refractivity contribution in [2.75, 3.05) is 6.61 Å². The van der Waals surface area contributed by atoms with E-state index in [1.54, 1.807) is 0 Å². The molecule has 1 atom stereocenters. The number of nitrogens with zero attached hydrogens (tertiary/aromatic N) is 1. The van der Waals surface area contributed by atoms with Crippen molar-refractivity contribution < 1.29 is 23.1 Å². The molecule has 1 aromatic rings. The lowest BCUT2D eigenvalue weighted by molar-refractivity contribution is -0.144. The zero-order valence-electron chi connectivity index (χ0n) is 10.1. The van der Waals surface area contributed by atoms with Gasteiger partial charge in [0.25, 0.3) is 0 Å². The second-order valence-corrected chi connectivity index (χ2v) is 3.62. The fourth-order valence-electron chi connectivity index (χ4n) is 1.40. The SMILES string of the molecule is CCOC(=O)C(CC(=O)c1ccc(F)cc1F)N=O. The summed E-state index contributed by atoms with van der Waals surface area (Å²) in [5.74, 6) is -3.66. The lowest BCUT2D eigenvalue weighted by Crippen LogP contribution is -2.24. The molecule has 1 aromatic carbocycles. The fraction of sp³-hybridized carbons (Fsp3) is 0.333. The highest BCUT2D eigenvalue weighted by molar-refractivity contribution is 5.99. The van der Waals surface area contributed by atoms with Crippen LogP contribution in [-0.4, -0.2) is 24.4 Å². The second kappa shape index (κ2) is 6.67. The molecular formula is C12H11F2NO4. The van der Waals surface area contributed by atoms with Crippen molar-refractivity contribution in [1.82, 2.24) is 0 Å². The standard InChI is InChI=1S/C12H11F2NO4/c1-2-19-12(17)10(15-18)6-11(16)8-4-3-7(13)5-9(8)14/h3-5,10H,2,6H2,1H3. The molecule has 19 heavy (non-hydrogen) atoms. The zero-order valence-corrected chi connectivity index (χ0v) is 10.1. The summed E-state index contributed by atoms with van der Waals surface area (Å²) in [6.45, 7) is 1.56. The Morgan fingerprint density at radius 2 is 2.05 bits per heavy atom. The molecule has 7 heteroatoms. The molecule has 0 aliphatic heterocycles. The molecule has 0 fully saturated rings. The quantitative estimate of drug-likeness (QED) is 0.452. The van der Waals surface area contributed by atoms with E-state index in [0.717, 1.165) is 12.1 Å². The lowest BCUT2D eigenvalue weighted by atomic mass is 10.0. The van der Waals surface area contributed by atoms with E-state index in [1.165, 1.54) is 6.92 Å². The molecule has 0 aliphatic carbocycles. The number of rotatable bonds is 6. The maximum absolute atomic E-state index is 13.3. The first-order valence-corrected chi connectivity index (χ1v) is 5.47. The number of benzene rings is 1. The minimum absolute atomic E-state index is 0.0317. The van der Waals surface area contributed by atoms with Gasteiger partial charge >= 0.3 is 5.97 Å². The molecule has 0 spiro atoms. The Labute approximate surface area is 107 Å².